The lowest BCUT2D eigenvalue weighted by Crippen LogP contribution is -2.31. The molecule has 0 aliphatic rings. The Kier molecular flexibility index (Phi) is 6.01. The van der Waals surface area contributed by atoms with Gasteiger partial charge in [-0.3, -0.25) is 4.79 Å². The van der Waals surface area contributed by atoms with E-state index < -0.39 is 35.4 Å². The lowest BCUT2D eigenvalue weighted by molar-refractivity contribution is -0.137. The number of hydrogen-bond donors (Lipinski definition) is 1. The number of alkyl halides is 3. The third-order valence-corrected chi connectivity index (χ3v) is 4.55. The van der Waals surface area contributed by atoms with Gasteiger partial charge in [-0.15, -0.1) is 0 Å². The maximum atomic E-state index is 13.1. The van der Waals surface area contributed by atoms with E-state index >= 15 is 0 Å². The molecule has 1 amide bonds. The van der Waals surface area contributed by atoms with Gasteiger partial charge in [0.05, 0.1) is 28.4 Å². The highest BCUT2D eigenvalue weighted by Crippen LogP contribution is 2.34. The molecule has 0 radical (unpaired) electrons. The van der Waals surface area contributed by atoms with Crippen LogP contribution in [0.4, 0.5) is 18.9 Å². The molecular formula is C21H21F3N4O3. The van der Waals surface area contributed by atoms with Crippen LogP contribution >= 0.6 is 0 Å². The minimum absolute atomic E-state index is 0.00840. The Hall–Kier alpha value is -3.43. The minimum Gasteiger partial charge on any atom is -0.449 e. The molecule has 0 bridgehead atoms. The molecule has 164 valence electrons. The summed E-state index contributed by atoms with van der Waals surface area (Å²) in [6, 6.07) is 6.09. The number of hydrogen-bond acceptors (Lipinski definition) is 5. The summed E-state index contributed by atoms with van der Waals surface area (Å²) in [6.07, 6.45) is -4.49. The average molecular weight is 434 g/mol. The molecule has 0 saturated heterocycles. The number of benzene rings is 1. The first kappa shape index (κ1) is 22.3. The number of carbonyl (C=O) groups excluding carboxylic acids is 2. The second-order valence-corrected chi connectivity index (χ2v) is 7.31. The number of anilines is 1. The molecule has 1 N–H and O–H groups in total. The number of amides is 1. The van der Waals surface area contributed by atoms with E-state index in [4.69, 9.17) is 4.74 Å². The summed E-state index contributed by atoms with van der Waals surface area (Å²) in [7, 11) is 0. The number of ether oxygens (including phenoxy) is 1. The Labute approximate surface area is 176 Å². The Bertz CT molecular complexity index is 1140. The van der Waals surface area contributed by atoms with E-state index in [1.165, 1.54) is 31.3 Å². The summed E-state index contributed by atoms with van der Waals surface area (Å²) in [5, 5.41) is 6.88. The smallest absolute Gasteiger partial charge is 0.418 e. The van der Waals surface area contributed by atoms with Crippen LogP contribution in [-0.2, 0) is 15.7 Å². The summed E-state index contributed by atoms with van der Waals surface area (Å²) >= 11 is 0. The number of nitrogens with zero attached hydrogens (tertiary/aromatic N) is 3. The highest BCUT2D eigenvalue weighted by Gasteiger charge is 2.34. The van der Waals surface area contributed by atoms with E-state index in [0.717, 1.165) is 12.1 Å². The van der Waals surface area contributed by atoms with Gasteiger partial charge in [0.2, 0.25) is 0 Å². The van der Waals surface area contributed by atoms with Crippen molar-refractivity contribution in [1.82, 2.24) is 14.8 Å². The zero-order valence-corrected chi connectivity index (χ0v) is 17.3. The first-order valence-corrected chi connectivity index (χ1v) is 9.52. The number of esters is 1. The van der Waals surface area contributed by atoms with Crippen LogP contribution in [0.2, 0.25) is 0 Å². The zero-order valence-electron chi connectivity index (χ0n) is 17.3. The van der Waals surface area contributed by atoms with Crippen LogP contribution in [0, 0.1) is 6.92 Å². The van der Waals surface area contributed by atoms with E-state index in [1.54, 1.807) is 11.6 Å². The van der Waals surface area contributed by atoms with Gasteiger partial charge in [-0.1, -0.05) is 12.1 Å². The molecule has 0 aliphatic carbocycles. The molecule has 2 heterocycles. The van der Waals surface area contributed by atoms with E-state index in [1.807, 2.05) is 13.8 Å². The number of pyridine rings is 1. The topological polar surface area (TPSA) is 86.1 Å². The zero-order chi connectivity index (χ0) is 22.9. The van der Waals surface area contributed by atoms with Gasteiger partial charge in [0.1, 0.15) is 0 Å². The predicted octanol–water partition coefficient (Wildman–Crippen LogP) is 4.52. The van der Waals surface area contributed by atoms with Crippen LogP contribution in [-0.4, -0.2) is 32.7 Å². The standard InChI is InChI=1S/C21H21F3N4O3/c1-11(2)28-18-15(10-25-28)14(9-12(3)26-18)20(30)31-13(4)19(29)27-17-8-6-5-7-16(17)21(22,23)24/h5-11,13H,1-4H3,(H,27,29). The number of aryl methyl sites for hydroxylation is 1. The molecule has 2 aromatic heterocycles. The van der Waals surface area contributed by atoms with Crippen molar-refractivity contribution in [2.75, 3.05) is 5.32 Å². The third-order valence-electron chi connectivity index (χ3n) is 4.55. The number of rotatable bonds is 5. The summed E-state index contributed by atoms with van der Waals surface area (Å²) in [5.74, 6) is -1.68. The lowest BCUT2D eigenvalue weighted by atomic mass is 10.1. The molecule has 7 nitrogen and oxygen atoms in total. The van der Waals surface area contributed by atoms with Crippen molar-refractivity contribution in [1.29, 1.82) is 0 Å². The van der Waals surface area contributed by atoms with Crippen LogP contribution < -0.4 is 5.32 Å². The largest absolute Gasteiger partial charge is 0.449 e. The van der Waals surface area contributed by atoms with Crippen molar-refractivity contribution in [3.05, 3.63) is 53.3 Å². The Balaban J connectivity index is 1.81. The number of carbonyl (C=O) groups is 2. The summed E-state index contributed by atoms with van der Waals surface area (Å²) in [5.41, 5.74) is -0.182. The average Bonchev–Trinajstić information content (AvgIpc) is 3.10. The van der Waals surface area contributed by atoms with Crippen LogP contribution in [0.15, 0.2) is 36.5 Å². The van der Waals surface area contributed by atoms with Gasteiger partial charge in [-0.2, -0.15) is 18.3 Å². The van der Waals surface area contributed by atoms with Crippen molar-refractivity contribution >= 4 is 28.6 Å². The van der Waals surface area contributed by atoms with Gasteiger partial charge in [0.25, 0.3) is 5.91 Å². The fourth-order valence-corrected chi connectivity index (χ4v) is 3.04. The Morgan fingerprint density at radius 2 is 1.84 bits per heavy atom. The van der Waals surface area contributed by atoms with Crippen molar-refractivity contribution in [3.63, 3.8) is 0 Å². The molecule has 1 unspecified atom stereocenters. The molecule has 31 heavy (non-hydrogen) atoms. The van der Waals surface area contributed by atoms with Crippen molar-refractivity contribution < 1.29 is 27.5 Å². The molecule has 3 rings (SSSR count). The summed E-state index contributed by atoms with van der Waals surface area (Å²) in [4.78, 5) is 29.5. The second-order valence-electron chi connectivity index (χ2n) is 7.31. The third kappa shape index (κ3) is 4.68. The van der Waals surface area contributed by atoms with Crippen LogP contribution in [0.5, 0.6) is 0 Å². The minimum atomic E-state index is -4.64. The molecule has 3 aromatic rings. The van der Waals surface area contributed by atoms with Gasteiger partial charge >= 0.3 is 12.1 Å². The van der Waals surface area contributed by atoms with Crippen LogP contribution in [0.3, 0.4) is 0 Å². The van der Waals surface area contributed by atoms with E-state index in [0.29, 0.717) is 16.7 Å². The summed E-state index contributed by atoms with van der Waals surface area (Å²) in [6.45, 7) is 6.82. The Morgan fingerprint density at radius 1 is 1.16 bits per heavy atom. The van der Waals surface area contributed by atoms with E-state index in [-0.39, 0.29) is 11.6 Å². The molecule has 1 atom stereocenters. The highest BCUT2D eigenvalue weighted by atomic mass is 19.4. The van der Waals surface area contributed by atoms with Gasteiger partial charge in [0.15, 0.2) is 11.8 Å². The van der Waals surface area contributed by atoms with Gasteiger partial charge in [-0.05, 0) is 45.9 Å². The SMILES string of the molecule is Cc1cc(C(=O)OC(C)C(=O)Nc2ccccc2C(F)(F)F)c2cnn(C(C)C)c2n1. The predicted molar refractivity (Wildman–Crippen MR) is 108 cm³/mol. The monoisotopic (exact) mass is 434 g/mol. The maximum Gasteiger partial charge on any atom is 0.418 e. The van der Waals surface area contributed by atoms with E-state index in [2.05, 4.69) is 15.4 Å². The Morgan fingerprint density at radius 3 is 2.48 bits per heavy atom. The molecule has 0 saturated carbocycles. The molecule has 0 aliphatic heterocycles. The number of nitrogens with one attached hydrogen (secondary N) is 1. The first-order chi connectivity index (χ1) is 14.5. The van der Waals surface area contributed by atoms with Crippen LogP contribution in [0.25, 0.3) is 11.0 Å². The van der Waals surface area contributed by atoms with Crippen molar-refractivity contribution in [2.24, 2.45) is 0 Å². The van der Waals surface area contributed by atoms with Crippen molar-refractivity contribution in [3.8, 4) is 0 Å². The normalized spacial score (nSPS) is 12.8. The van der Waals surface area contributed by atoms with Crippen LogP contribution in [0.1, 0.15) is 48.4 Å². The molecule has 0 spiro atoms. The number of halogens is 3. The van der Waals surface area contributed by atoms with Crippen molar-refractivity contribution in [2.45, 2.75) is 46.0 Å². The van der Waals surface area contributed by atoms with Gasteiger partial charge in [0, 0.05) is 11.7 Å². The number of fused-ring (bicyclic) bond motifs is 1. The molecular weight excluding hydrogens is 413 g/mol. The molecule has 10 heteroatoms. The lowest BCUT2D eigenvalue weighted by Gasteiger charge is -2.17. The van der Waals surface area contributed by atoms with Gasteiger partial charge in [-0.25, -0.2) is 14.5 Å². The second kappa shape index (κ2) is 8.37. The maximum absolute atomic E-state index is 13.1. The highest BCUT2D eigenvalue weighted by molar-refractivity contribution is 6.04. The fraction of sp³-hybridized carbons (Fsp3) is 0.333. The molecule has 1 aromatic carbocycles. The number of aromatic nitrogens is 3. The summed E-state index contributed by atoms with van der Waals surface area (Å²) < 4.78 is 46.3. The van der Waals surface area contributed by atoms with Gasteiger partial charge < -0.3 is 10.1 Å². The quantitative estimate of drug-likeness (QED) is 0.597. The molecule has 0 fully saturated rings. The fourth-order valence-electron chi connectivity index (χ4n) is 3.04. The number of para-hydroxylation sites is 1. The first-order valence-electron chi connectivity index (χ1n) is 9.52. The van der Waals surface area contributed by atoms with E-state index in [9.17, 15) is 22.8 Å².